The molecule has 0 unspecified atom stereocenters. The van der Waals surface area contributed by atoms with Gasteiger partial charge in [0.05, 0.1) is 18.5 Å². The predicted octanol–water partition coefficient (Wildman–Crippen LogP) is 3.26. The monoisotopic (exact) mass is 353 g/mol. The van der Waals surface area contributed by atoms with E-state index in [1.165, 1.54) is 11.2 Å². The zero-order valence-electron chi connectivity index (χ0n) is 14.8. The van der Waals surface area contributed by atoms with Crippen LogP contribution in [0.1, 0.15) is 22.0 Å². The Hall–Kier alpha value is -3.35. The Bertz CT molecular complexity index is 909. The average Bonchev–Trinajstić information content (AvgIpc) is 3.25. The second kappa shape index (κ2) is 7.26. The summed E-state index contributed by atoms with van der Waals surface area (Å²) >= 11 is 0. The predicted molar refractivity (Wildman–Crippen MR) is 95.7 cm³/mol. The van der Waals surface area contributed by atoms with Crippen LogP contribution in [0.15, 0.2) is 51.5 Å². The molecule has 0 spiro atoms. The number of hydrogen-bond acceptors (Lipinski definition) is 5. The molecule has 3 rings (SSSR count). The van der Waals surface area contributed by atoms with Gasteiger partial charge in [0.25, 0.3) is 5.91 Å². The number of amides is 2. The number of benzene rings is 1. The molecule has 0 aliphatic heterocycles. The number of rotatable bonds is 5. The molecule has 2 aromatic heterocycles. The van der Waals surface area contributed by atoms with E-state index < -0.39 is 0 Å². The molecule has 7 heteroatoms. The first-order valence-corrected chi connectivity index (χ1v) is 8.07. The zero-order chi connectivity index (χ0) is 18.7. The first-order chi connectivity index (χ1) is 12.4. The van der Waals surface area contributed by atoms with Gasteiger partial charge in [0, 0.05) is 18.3 Å². The van der Waals surface area contributed by atoms with Crippen LogP contribution in [-0.2, 0) is 4.79 Å². The number of nitrogens with zero attached hydrogens (tertiary/aromatic N) is 2. The third-order valence-electron chi connectivity index (χ3n) is 3.88. The van der Waals surface area contributed by atoms with Crippen LogP contribution in [0.25, 0.3) is 11.5 Å². The second-order valence-electron chi connectivity index (χ2n) is 5.93. The van der Waals surface area contributed by atoms with Gasteiger partial charge in [-0.15, -0.1) is 0 Å². The molecule has 3 aromatic rings. The zero-order valence-corrected chi connectivity index (χ0v) is 14.8. The quantitative estimate of drug-likeness (QED) is 0.760. The molecule has 7 nitrogen and oxygen atoms in total. The van der Waals surface area contributed by atoms with Crippen molar-refractivity contribution in [3.8, 4) is 11.5 Å². The molecule has 0 fully saturated rings. The third-order valence-corrected chi connectivity index (χ3v) is 3.88. The molecule has 0 bridgehead atoms. The van der Waals surface area contributed by atoms with E-state index in [2.05, 4.69) is 10.3 Å². The Morgan fingerprint density at radius 2 is 2.00 bits per heavy atom. The Kier molecular flexibility index (Phi) is 4.88. The number of anilines is 1. The molecule has 0 aliphatic rings. The van der Waals surface area contributed by atoms with Gasteiger partial charge in [-0.2, -0.15) is 0 Å². The van der Waals surface area contributed by atoms with E-state index in [4.69, 9.17) is 8.83 Å². The number of oxazole rings is 1. The molecule has 0 saturated carbocycles. The summed E-state index contributed by atoms with van der Waals surface area (Å²) in [5, 5.41) is 2.77. The van der Waals surface area contributed by atoms with Crippen LogP contribution >= 0.6 is 0 Å². The highest BCUT2D eigenvalue weighted by Crippen LogP contribution is 2.24. The molecule has 0 radical (unpaired) electrons. The molecule has 2 heterocycles. The van der Waals surface area contributed by atoms with Crippen LogP contribution in [0.3, 0.4) is 0 Å². The van der Waals surface area contributed by atoms with Gasteiger partial charge in [-0.25, -0.2) is 4.98 Å². The van der Waals surface area contributed by atoms with Crippen molar-refractivity contribution >= 4 is 17.5 Å². The van der Waals surface area contributed by atoms with Crippen LogP contribution in [0.2, 0.25) is 0 Å². The van der Waals surface area contributed by atoms with E-state index in [0.717, 1.165) is 17.0 Å². The molecule has 0 atom stereocenters. The lowest BCUT2D eigenvalue weighted by Crippen LogP contribution is -2.34. The SMILES string of the molecule is Cc1nc(-c2cccc(NC(=O)CN(C)C(=O)c3ccco3)c2)oc1C. The van der Waals surface area contributed by atoms with Crippen molar-refractivity contribution in [2.75, 3.05) is 18.9 Å². The van der Waals surface area contributed by atoms with Crippen molar-refractivity contribution < 1.29 is 18.4 Å². The van der Waals surface area contributed by atoms with Gasteiger partial charge in [-0.1, -0.05) is 6.07 Å². The molecule has 2 amide bonds. The normalized spacial score (nSPS) is 10.6. The maximum atomic E-state index is 12.2. The largest absolute Gasteiger partial charge is 0.459 e. The first-order valence-electron chi connectivity index (χ1n) is 8.07. The summed E-state index contributed by atoms with van der Waals surface area (Å²) in [4.78, 5) is 30.0. The Morgan fingerprint density at radius 3 is 2.65 bits per heavy atom. The number of nitrogens with one attached hydrogen (secondary N) is 1. The number of aromatic nitrogens is 1. The maximum absolute atomic E-state index is 12.2. The molecule has 134 valence electrons. The fourth-order valence-corrected chi connectivity index (χ4v) is 2.40. The van der Waals surface area contributed by atoms with E-state index in [0.29, 0.717) is 11.6 Å². The number of aryl methyl sites for hydroxylation is 2. The fraction of sp³-hybridized carbons (Fsp3) is 0.211. The van der Waals surface area contributed by atoms with Gasteiger partial charge in [0.15, 0.2) is 5.76 Å². The molecule has 0 aliphatic carbocycles. The van der Waals surface area contributed by atoms with E-state index in [1.54, 1.807) is 37.4 Å². The molecule has 26 heavy (non-hydrogen) atoms. The summed E-state index contributed by atoms with van der Waals surface area (Å²) in [5.41, 5.74) is 2.19. The van der Waals surface area contributed by atoms with Gasteiger partial charge < -0.3 is 19.1 Å². The average molecular weight is 353 g/mol. The summed E-state index contributed by atoms with van der Waals surface area (Å²) in [6, 6.07) is 10.4. The Labute approximate surface area is 150 Å². The number of carbonyl (C=O) groups is 2. The van der Waals surface area contributed by atoms with Gasteiger partial charge >= 0.3 is 0 Å². The summed E-state index contributed by atoms with van der Waals surface area (Å²) in [7, 11) is 1.54. The van der Waals surface area contributed by atoms with Crippen LogP contribution in [0.4, 0.5) is 5.69 Å². The Morgan fingerprint density at radius 1 is 1.19 bits per heavy atom. The summed E-state index contributed by atoms with van der Waals surface area (Å²) in [6.45, 7) is 3.63. The summed E-state index contributed by atoms with van der Waals surface area (Å²) in [5.74, 6) is 0.777. The van der Waals surface area contributed by atoms with Gasteiger partial charge in [-0.3, -0.25) is 9.59 Å². The number of furan rings is 1. The van der Waals surface area contributed by atoms with Crippen molar-refractivity contribution in [3.05, 3.63) is 59.9 Å². The van der Waals surface area contributed by atoms with Gasteiger partial charge in [-0.05, 0) is 44.2 Å². The molecule has 1 N–H and O–H groups in total. The second-order valence-corrected chi connectivity index (χ2v) is 5.93. The minimum absolute atomic E-state index is 0.0963. The highest BCUT2D eigenvalue weighted by Gasteiger charge is 2.17. The van der Waals surface area contributed by atoms with E-state index in [1.807, 2.05) is 19.9 Å². The molecular formula is C19H19N3O4. The molecule has 1 aromatic carbocycles. The minimum Gasteiger partial charge on any atom is -0.459 e. The van der Waals surface area contributed by atoms with Crippen molar-refractivity contribution in [1.82, 2.24) is 9.88 Å². The van der Waals surface area contributed by atoms with Crippen molar-refractivity contribution in [2.24, 2.45) is 0 Å². The molecular weight excluding hydrogens is 334 g/mol. The smallest absolute Gasteiger partial charge is 0.289 e. The van der Waals surface area contributed by atoms with E-state index in [-0.39, 0.29) is 24.1 Å². The van der Waals surface area contributed by atoms with Crippen molar-refractivity contribution in [2.45, 2.75) is 13.8 Å². The Balaban J connectivity index is 1.66. The van der Waals surface area contributed by atoms with Crippen molar-refractivity contribution in [3.63, 3.8) is 0 Å². The summed E-state index contributed by atoms with van der Waals surface area (Å²) in [6.07, 6.45) is 1.42. The first kappa shape index (κ1) is 17.5. The van der Waals surface area contributed by atoms with E-state index >= 15 is 0 Å². The van der Waals surface area contributed by atoms with Crippen LogP contribution < -0.4 is 5.32 Å². The maximum Gasteiger partial charge on any atom is 0.289 e. The lowest BCUT2D eigenvalue weighted by Gasteiger charge is -2.15. The summed E-state index contributed by atoms with van der Waals surface area (Å²) < 4.78 is 10.7. The number of hydrogen-bond donors (Lipinski definition) is 1. The van der Waals surface area contributed by atoms with Crippen molar-refractivity contribution in [1.29, 1.82) is 0 Å². The number of carbonyl (C=O) groups excluding carboxylic acids is 2. The third kappa shape index (κ3) is 3.83. The van der Waals surface area contributed by atoms with Gasteiger partial charge in [0.2, 0.25) is 11.8 Å². The van der Waals surface area contributed by atoms with Crippen LogP contribution in [-0.4, -0.2) is 35.3 Å². The molecule has 0 saturated heterocycles. The van der Waals surface area contributed by atoms with Gasteiger partial charge in [0.1, 0.15) is 5.76 Å². The lowest BCUT2D eigenvalue weighted by molar-refractivity contribution is -0.116. The fourth-order valence-electron chi connectivity index (χ4n) is 2.40. The highest BCUT2D eigenvalue weighted by atomic mass is 16.4. The number of likely N-dealkylation sites (N-methyl/N-ethyl adjacent to an activating group) is 1. The van der Waals surface area contributed by atoms with Crippen LogP contribution in [0, 0.1) is 13.8 Å². The van der Waals surface area contributed by atoms with Crippen LogP contribution in [0.5, 0.6) is 0 Å². The highest BCUT2D eigenvalue weighted by molar-refractivity contribution is 5.98. The lowest BCUT2D eigenvalue weighted by atomic mass is 10.2. The standard InChI is InChI=1S/C19H19N3O4/c1-12-13(2)26-18(20-12)14-6-4-7-15(10-14)21-17(23)11-22(3)19(24)16-8-5-9-25-16/h4-10H,11H2,1-3H3,(H,21,23). The minimum atomic E-state index is -0.357. The topological polar surface area (TPSA) is 88.6 Å². The van der Waals surface area contributed by atoms with E-state index in [9.17, 15) is 9.59 Å².